The highest BCUT2D eigenvalue weighted by molar-refractivity contribution is 5.92. The zero-order valence-corrected chi connectivity index (χ0v) is 16.8. The van der Waals surface area contributed by atoms with E-state index in [0.717, 1.165) is 43.2 Å². The second-order valence-corrected chi connectivity index (χ2v) is 7.08. The van der Waals surface area contributed by atoms with E-state index in [1.807, 2.05) is 25.1 Å². The van der Waals surface area contributed by atoms with Gasteiger partial charge in [-0.3, -0.25) is 19.8 Å². The molecule has 2 aromatic carbocycles. The Balaban J connectivity index is 1.47. The summed E-state index contributed by atoms with van der Waals surface area (Å²) in [5.74, 6) is 0.710. The molecule has 0 aromatic heterocycles. The molecule has 29 heavy (non-hydrogen) atoms. The summed E-state index contributed by atoms with van der Waals surface area (Å²) in [5, 5.41) is 13.7. The number of aryl methyl sites for hydroxylation is 1. The van der Waals surface area contributed by atoms with E-state index in [0.29, 0.717) is 18.7 Å². The van der Waals surface area contributed by atoms with Gasteiger partial charge in [0.25, 0.3) is 5.69 Å². The summed E-state index contributed by atoms with van der Waals surface area (Å²) in [4.78, 5) is 27.3. The molecule has 0 saturated carbocycles. The summed E-state index contributed by atoms with van der Waals surface area (Å²) < 4.78 is 5.29. The first-order valence-corrected chi connectivity index (χ1v) is 9.62. The number of nitrogens with one attached hydrogen (secondary N) is 1. The smallest absolute Gasteiger partial charge is 0.271 e. The average molecular weight is 398 g/mol. The van der Waals surface area contributed by atoms with Crippen LogP contribution in [0.5, 0.6) is 5.75 Å². The van der Waals surface area contributed by atoms with Crippen LogP contribution >= 0.6 is 0 Å². The number of methoxy groups -OCH3 is 1. The van der Waals surface area contributed by atoms with Crippen LogP contribution in [0.2, 0.25) is 0 Å². The van der Waals surface area contributed by atoms with Crippen LogP contribution in [0.4, 0.5) is 17.1 Å². The Labute approximate surface area is 170 Å². The second-order valence-electron chi connectivity index (χ2n) is 7.08. The van der Waals surface area contributed by atoms with Gasteiger partial charge in [0.1, 0.15) is 5.75 Å². The van der Waals surface area contributed by atoms with Crippen LogP contribution in [0.1, 0.15) is 12.0 Å². The molecule has 2 aromatic rings. The molecule has 0 bridgehead atoms. The Morgan fingerprint density at radius 3 is 2.62 bits per heavy atom. The molecule has 0 radical (unpaired) electrons. The number of ether oxygens (including phenoxy) is 1. The summed E-state index contributed by atoms with van der Waals surface area (Å²) in [7, 11) is 1.66. The Morgan fingerprint density at radius 1 is 1.17 bits per heavy atom. The molecule has 1 aliphatic rings. The minimum Gasteiger partial charge on any atom is -0.497 e. The zero-order chi connectivity index (χ0) is 20.8. The van der Waals surface area contributed by atoms with E-state index in [2.05, 4.69) is 21.2 Å². The van der Waals surface area contributed by atoms with Gasteiger partial charge in [0.15, 0.2) is 0 Å². The van der Waals surface area contributed by atoms with E-state index >= 15 is 0 Å². The number of piperazine rings is 1. The molecule has 1 fully saturated rings. The van der Waals surface area contributed by atoms with Crippen LogP contribution in [-0.4, -0.2) is 55.6 Å². The van der Waals surface area contributed by atoms with E-state index < -0.39 is 4.92 Å². The maximum absolute atomic E-state index is 12.3. The highest BCUT2D eigenvalue weighted by Gasteiger charge is 2.18. The highest BCUT2D eigenvalue weighted by atomic mass is 16.6. The SMILES string of the molecule is COc1cccc(N2CCN(CCC(=O)Nc3cc([N+](=O)[O-])ccc3C)CC2)c1. The number of nitrogens with zero attached hydrogens (tertiary/aromatic N) is 3. The lowest BCUT2D eigenvalue weighted by atomic mass is 10.1. The average Bonchev–Trinajstić information content (AvgIpc) is 2.74. The fourth-order valence-electron chi connectivity index (χ4n) is 3.37. The van der Waals surface area contributed by atoms with Gasteiger partial charge in [-0.25, -0.2) is 0 Å². The number of carbonyl (C=O) groups is 1. The standard InChI is InChI=1S/C21H26N4O4/c1-16-6-7-18(25(27)28)15-20(16)22-21(26)8-9-23-10-12-24(13-11-23)17-4-3-5-19(14-17)29-2/h3-7,14-15H,8-13H2,1-2H3,(H,22,26). The zero-order valence-electron chi connectivity index (χ0n) is 16.8. The minimum atomic E-state index is -0.461. The van der Waals surface area contributed by atoms with E-state index in [4.69, 9.17) is 4.74 Å². The lowest BCUT2D eigenvalue weighted by Gasteiger charge is -2.36. The van der Waals surface area contributed by atoms with Crippen molar-refractivity contribution in [1.29, 1.82) is 0 Å². The molecule has 8 heteroatoms. The number of anilines is 2. The normalized spacial score (nSPS) is 14.5. The molecule has 0 aliphatic carbocycles. The number of hydrogen-bond donors (Lipinski definition) is 1. The van der Waals surface area contributed by atoms with Crippen LogP contribution in [0.3, 0.4) is 0 Å². The van der Waals surface area contributed by atoms with E-state index in [1.165, 1.54) is 12.1 Å². The maximum atomic E-state index is 12.3. The molecule has 1 aliphatic heterocycles. The molecule has 0 unspecified atom stereocenters. The Hall–Kier alpha value is -3.13. The van der Waals surface area contributed by atoms with Crippen molar-refractivity contribution in [3.05, 3.63) is 58.1 Å². The molecule has 0 atom stereocenters. The van der Waals surface area contributed by atoms with Gasteiger partial charge in [-0.05, 0) is 24.6 Å². The molecule has 3 rings (SSSR count). The Kier molecular flexibility index (Phi) is 6.66. The molecule has 154 valence electrons. The van der Waals surface area contributed by atoms with Crippen LogP contribution in [0, 0.1) is 17.0 Å². The van der Waals surface area contributed by atoms with Crippen LogP contribution in [0.15, 0.2) is 42.5 Å². The summed E-state index contributed by atoms with van der Waals surface area (Å²) in [5.41, 5.74) is 2.41. The minimum absolute atomic E-state index is 0.0282. The van der Waals surface area contributed by atoms with Gasteiger partial charge < -0.3 is 15.0 Å². The van der Waals surface area contributed by atoms with Gasteiger partial charge in [-0.2, -0.15) is 0 Å². The van der Waals surface area contributed by atoms with Gasteiger partial charge in [0, 0.05) is 63.0 Å². The van der Waals surface area contributed by atoms with Crippen molar-refractivity contribution in [1.82, 2.24) is 4.90 Å². The molecule has 1 amide bonds. The van der Waals surface area contributed by atoms with E-state index in [-0.39, 0.29) is 11.6 Å². The number of rotatable bonds is 7. The highest BCUT2D eigenvalue weighted by Crippen LogP contribution is 2.23. The Bertz CT molecular complexity index is 879. The molecule has 1 saturated heterocycles. The number of benzene rings is 2. The van der Waals surface area contributed by atoms with Crippen molar-refractivity contribution in [2.45, 2.75) is 13.3 Å². The maximum Gasteiger partial charge on any atom is 0.271 e. The van der Waals surface area contributed by atoms with Crippen molar-refractivity contribution in [2.75, 3.05) is 50.1 Å². The van der Waals surface area contributed by atoms with Crippen LogP contribution < -0.4 is 15.0 Å². The quantitative estimate of drug-likeness (QED) is 0.570. The number of non-ortho nitro benzene ring substituents is 1. The summed E-state index contributed by atoms with van der Waals surface area (Å²) in [6, 6.07) is 12.5. The third kappa shape index (κ3) is 5.45. The van der Waals surface area contributed by atoms with Crippen LogP contribution in [-0.2, 0) is 4.79 Å². The van der Waals surface area contributed by atoms with Gasteiger partial charge >= 0.3 is 0 Å². The third-order valence-electron chi connectivity index (χ3n) is 5.15. The molecule has 1 heterocycles. The Morgan fingerprint density at radius 2 is 1.93 bits per heavy atom. The monoisotopic (exact) mass is 398 g/mol. The first-order chi connectivity index (χ1) is 14.0. The molecule has 8 nitrogen and oxygen atoms in total. The molecular formula is C21H26N4O4. The first-order valence-electron chi connectivity index (χ1n) is 9.62. The fraction of sp³-hybridized carbons (Fsp3) is 0.381. The number of amides is 1. The second kappa shape index (κ2) is 9.38. The molecule has 1 N–H and O–H groups in total. The molecular weight excluding hydrogens is 372 g/mol. The summed E-state index contributed by atoms with van der Waals surface area (Å²) in [6.45, 7) is 6.00. The lowest BCUT2D eigenvalue weighted by molar-refractivity contribution is -0.384. The van der Waals surface area contributed by atoms with Gasteiger partial charge in [-0.15, -0.1) is 0 Å². The van der Waals surface area contributed by atoms with Gasteiger partial charge in [-0.1, -0.05) is 12.1 Å². The lowest BCUT2D eigenvalue weighted by Crippen LogP contribution is -2.47. The first kappa shape index (κ1) is 20.6. The number of hydrogen-bond acceptors (Lipinski definition) is 6. The number of nitro benzene ring substituents is 1. The van der Waals surface area contributed by atoms with E-state index in [1.54, 1.807) is 13.2 Å². The van der Waals surface area contributed by atoms with Crippen molar-refractivity contribution < 1.29 is 14.5 Å². The topological polar surface area (TPSA) is 88.0 Å². The predicted molar refractivity (Wildman–Crippen MR) is 113 cm³/mol. The largest absolute Gasteiger partial charge is 0.497 e. The summed E-state index contributed by atoms with van der Waals surface area (Å²) >= 11 is 0. The van der Waals surface area contributed by atoms with Crippen LogP contribution in [0.25, 0.3) is 0 Å². The van der Waals surface area contributed by atoms with Crippen molar-refractivity contribution >= 4 is 23.0 Å². The number of nitro groups is 1. The third-order valence-corrected chi connectivity index (χ3v) is 5.15. The van der Waals surface area contributed by atoms with E-state index in [9.17, 15) is 14.9 Å². The molecule has 0 spiro atoms. The van der Waals surface area contributed by atoms with Gasteiger partial charge in [0.05, 0.1) is 17.7 Å². The number of carbonyl (C=O) groups excluding carboxylic acids is 1. The van der Waals surface area contributed by atoms with Crippen molar-refractivity contribution in [2.24, 2.45) is 0 Å². The fourth-order valence-corrected chi connectivity index (χ4v) is 3.37. The summed E-state index contributed by atoms with van der Waals surface area (Å²) in [6.07, 6.45) is 0.349. The van der Waals surface area contributed by atoms with Crippen molar-refractivity contribution in [3.8, 4) is 5.75 Å². The van der Waals surface area contributed by atoms with Crippen molar-refractivity contribution in [3.63, 3.8) is 0 Å². The van der Waals surface area contributed by atoms with Gasteiger partial charge in [0.2, 0.25) is 5.91 Å². The predicted octanol–water partition coefficient (Wildman–Crippen LogP) is 3.06.